The van der Waals surface area contributed by atoms with Gasteiger partial charge in [0.05, 0.1) is 19.3 Å². The largest absolute Gasteiger partial charge is 0.492 e. The van der Waals surface area contributed by atoms with Gasteiger partial charge in [0.1, 0.15) is 18.1 Å². The van der Waals surface area contributed by atoms with Crippen LogP contribution in [-0.2, 0) is 12.0 Å². The van der Waals surface area contributed by atoms with Crippen molar-refractivity contribution in [3.63, 3.8) is 0 Å². The first kappa shape index (κ1) is 19.7. The lowest BCUT2D eigenvalue weighted by Gasteiger charge is -2.13. The number of halogens is 2. The van der Waals surface area contributed by atoms with Crippen LogP contribution in [0.4, 0.5) is 8.78 Å². The summed E-state index contributed by atoms with van der Waals surface area (Å²) < 4.78 is 37.0. The van der Waals surface area contributed by atoms with E-state index in [1.165, 1.54) is 6.07 Å². The number of ether oxygens (including phenoxy) is 1. The second-order valence-electron chi connectivity index (χ2n) is 6.65. The van der Waals surface area contributed by atoms with Crippen LogP contribution in [0.15, 0.2) is 33.8 Å². The average molecular weight is 366 g/mol. The predicted molar refractivity (Wildman–Crippen MR) is 95.3 cm³/mol. The number of oxazole rings is 1. The van der Waals surface area contributed by atoms with E-state index < -0.39 is 11.6 Å². The van der Waals surface area contributed by atoms with Gasteiger partial charge in [-0.1, -0.05) is 20.8 Å². The van der Waals surface area contributed by atoms with Crippen molar-refractivity contribution >= 4 is 5.96 Å². The third-order valence-electron chi connectivity index (χ3n) is 3.48. The first-order valence-electron chi connectivity index (χ1n) is 8.27. The molecular weight excluding hydrogens is 342 g/mol. The summed E-state index contributed by atoms with van der Waals surface area (Å²) in [6, 6.07) is 3.42. The predicted octanol–water partition coefficient (Wildman–Crippen LogP) is 2.99. The van der Waals surface area contributed by atoms with Gasteiger partial charge in [-0.15, -0.1) is 0 Å². The van der Waals surface area contributed by atoms with Crippen molar-refractivity contribution in [2.45, 2.75) is 32.7 Å². The van der Waals surface area contributed by atoms with Crippen molar-refractivity contribution in [2.24, 2.45) is 4.99 Å². The van der Waals surface area contributed by atoms with Crippen molar-refractivity contribution in [3.8, 4) is 5.75 Å². The number of nitrogens with zero attached hydrogens (tertiary/aromatic N) is 2. The van der Waals surface area contributed by atoms with Crippen molar-refractivity contribution < 1.29 is 17.9 Å². The second-order valence-corrected chi connectivity index (χ2v) is 6.65. The fourth-order valence-corrected chi connectivity index (χ4v) is 2.02. The molecule has 0 radical (unpaired) electrons. The lowest BCUT2D eigenvalue weighted by Crippen LogP contribution is -2.38. The highest BCUT2D eigenvalue weighted by atomic mass is 19.2. The van der Waals surface area contributed by atoms with Gasteiger partial charge < -0.3 is 19.8 Å². The zero-order valence-electron chi connectivity index (χ0n) is 15.4. The summed E-state index contributed by atoms with van der Waals surface area (Å²) in [4.78, 5) is 8.33. The van der Waals surface area contributed by atoms with E-state index in [2.05, 4.69) is 41.4 Å². The lowest BCUT2D eigenvalue weighted by atomic mass is 9.94. The van der Waals surface area contributed by atoms with Crippen molar-refractivity contribution in [2.75, 3.05) is 20.2 Å². The van der Waals surface area contributed by atoms with E-state index in [4.69, 9.17) is 9.15 Å². The second kappa shape index (κ2) is 8.64. The van der Waals surface area contributed by atoms with Crippen LogP contribution >= 0.6 is 0 Å². The Balaban J connectivity index is 1.74. The molecular formula is C18H24F2N4O2. The number of nitrogens with one attached hydrogen (secondary N) is 2. The van der Waals surface area contributed by atoms with Gasteiger partial charge in [0.25, 0.3) is 0 Å². The van der Waals surface area contributed by atoms with E-state index in [-0.39, 0.29) is 17.8 Å². The minimum Gasteiger partial charge on any atom is -0.492 e. The minimum atomic E-state index is -0.937. The van der Waals surface area contributed by atoms with E-state index in [1.807, 2.05) is 0 Å². The highest BCUT2D eigenvalue weighted by Crippen LogP contribution is 2.22. The Hall–Kier alpha value is -2.64. The fraction of sp³-hybridized carbons (Fsp3) is 0.444. The molecule has 8 heteroatoms. The number of hydrogen-bond donors (Lipinski definition) is 2. The van der Waals surface area contributed by atoms with Crippen LogP contribution in [0.3, 0.4) is 0 Å². The number of benzene rings is 1. The highest BCUT2D eigenvalue weighted by molar-refractivity contribution is 5.79. The zero-order chi connectivity index (χ0) is 19.2. The van der Waals surface area contributed by atoms with E-state index >= 15 is 0 Å². The number of hydrogen-bond acceptors (Lipinski definition) is 4. The highest BCUT2D eigenvalue weighted by Gasteiger charge is 2.19. The van der Waals surface area contributed by atoms with Crippen molar-refractivity contribution in [1.82, 2.24) is 15.6 Å². The van der Waals surface area contributed by atoms with Gasteiger partial charge in [0.2, 0.25) is 5.89 Å². The molecule has 0 aliphatic carbocycles. The average Bonchev–Trinajstić information content (AvgIpc) is 3.06. The van der Waals surface area contributed by atoms with E-state index in [0.29, 0.717) is 24.9 Å². The summed E-state index contributed by atoms with van der Waals surface area (Å²) in [6.45, 7) is 7.24. The number of aromatic nitrogens is 1. The molecule has 2 rings (SSSR count). The zero-order valence-corrected chi connectivity index (χ0v) is 15.4. The Kier molecular flexibility index (Phi) is 6.54. The molecule has 1 aromatic heterocycles. The first-order valence-corrected chi connectivity index (χ1v) is 8.27. The monoisotopic (exact) mass is 366 g/mol. The van der Waals surface area contributed by atoms with Crippen LogP contribution in [0.25, 0.3) is 0 Å². The lowest BCUT2D eigenvalue weighted by molar-refractivity contribution is 0.318. The summed E-state index contributed by atoms with van der Waals surface area (Å²) in [7, 11) is 1.64. The van der Waals surface area contributed by atoms with Gasteiger partial charge in [0.15, 0.2) is 17.6 Å². The molecule has 26 heavy (non-hydrogen) atoms. The van der Waals surface area contributed by atoms with E-state index in [9.17, 15) is 8.78 Å². The number of aliphatic imine (C=N–C) groups is 1. The molecule has 142 valence electrons. The van der Waals surface area contributed by atoms with Crippen LogP contribution < -0.4 is 15.4 Å². The number of guanidine groups is 1. The Labute approximate surface area is 151 Å². The molecule has 6 nitrogen and oxygen atoms in total. The smallest absolute Gasteiger partial charge is 0.213 e. The molecule has 0 bridgehead atoms. The van der Waals surface area contributed by atoms with Crippen LogP contribution in [0.2, 0.25) is 0 Å². The van der Waals surface area contributed by atoms with Crippen LogP contribution in [0.5, 0.6) is 5.75 Å². The van der Waals surface area contributed by atoms with Gasteiger partial charge >= 0.3 is 0 Å². The molecule has 0 saturated carbocycles. The molecule has 0 spiro atoms. The Morgan fingerprint density at radius 2 is 2.00 bits per heavy atom. The van der Waals surface area contributed by atoms with Gasteiger partial charge in [-0.2, -0.15) is 0 Å². The van der Waals surface area contributed by atoms with E-state index in [1.54, 1.807) is 13.2 Å². The van der Waals surface area contributed by atoms with Gasteiger partial charge in [0, 0.05) is 18.5 Å². The minimum absolute atomic E-state index is 0.0949. The standard InChI is InChI=1S/C18H24F2N4O2/c1-18(2,3)15-10-23-16(26-15)11-24-17(21-4)22-7-8-25-12-5-6-13(19)14(20)9-12/h5-6,9-10H,7-8,11H2,1-4H3,(H2,21,22,24). The summed E-state index contributed by atoms with van der Waals surface area (Å²) in [6.07, 6.45) is 1.73. The fourth-order valence-electron chi connectivity index (χ4n) is 2.02. The quantitative estimate of drug-likeness (QED) is 0.467. The summed E-state index contributed by atoms with van der Waals surface area (Å²) >= 11 is 0. The molecule has 1 aromatic carbocycles. The molecule has 0 aliphatic rings. The molecule has 0 fully saturated rings. The Bertz CT molecular complexity index is 754. The molecule has 0 aliphatic heterocycles. The third-order valence-corrected chi connectivity index (χ3v) is 3.48. The summed E-state index contributed by atoms with van der Waals surface area (Å²) in [5.74, 6) is 0.361. The molecule has 2 N–H and O–H groups in total. The number of rotatable bonds is 6. The molecule has 2 aromatic rings. The Morgan fingerprint density at radius 1 is 1.23 bits per heavy atom. The van der Waals surface area contributed by atoms with Crippen LogP contribution in [0.1, 0.15) is 32.4 Å². The molecule has 0 atom stereocenters. The third kappa shape index (κ3) is 5.72. The molecule has 1 heterocycles. The molecule has 0 saturated heterocycles. The first-order chi connectivity index (χ1) is 12.3. The molecule has 0 unspecified atom stereocenters. The van der Waals surface area contributed by atoms with Crippen LogP contribution in [0, 0.1) is 11.6 Å². The maximum absolute atomic E-state index is 13.1. The van der Waals surface area contributed by atoms with Gasteiger partial charge in [-0.05, 0) is 12.1 Å². The van der Waals surface area contributed by atoms with Gasteiger partial charge in [-0.25, -0.2) is 13.8 Å². The molecule has 0 amide bonds. The summed E-state index contributed by atoms with van der Waals surface area (Å²) in [5.41, 5.74) is -0.0949. The topological polar surface area (TPSA) is 71.7 Å². The Morgan fingerprint density at radius 3 is 2.62 bits per heavy atom. The maximum atomic E-state index is 13.1. The SMILES string of the molecule is CN=C(NCCOc1ccc(F)c(F)c1)NCc1ncc(C(C)(C)C)o1. The van der Waals surface area contributed by atoms with Crippen molar-refractivity contribution in [3.05, 3.63) is 47.7 Å². The van der Waals surface area contributed by atoms with E-state index in [0.717, 1.165) is 17.9 Å². The van der Waals surface area contributed by atoms with Crippen LogP contribution in [-0.4, -0.2) is 31.1 Å². The van der Waals surface area contributed by atoms with Crippen molar-refractivity contribution in [1.29, 1.82) is 0 Å². The maximum Gasteiger partial charge on any atom is 0.213 e. The normalized spacial score (nSPS) is 12.2. The van der Waals surface area contributed by atoms with Gasteiger partial charge in [-0.3, -0.25) is 4.99 Å². The summed E-state index contributed by atoms with van der Waals surface area (Å²) in [5, 5.41) is 6.13.